The first kappa shape index (κ1) is 20.7. The number of piperidine rings is 1. The summed E-state index contributed by atoms with van der Waals surface area (Å²) in [5.41, 5.74) is 1.71. The van der Waals surface area contributed by atoms with Crippen LogP contribution in [0.1, 0.15) is 55.1 Å². The van der Waals surface area contributed by atoms with Crippen LogP contribution in [0, 0.1) is 6.92 Å². The Morgan fingerprint density at radius 2 is 1.85 bits per heavy atom. The van der Waals surface area contributed by atoms with Gasteiger partial charge in [-0.2, -0.15) is 0 Å². The lowest BCUT2D eigenvalue weighted by Crippen LogP contribution is -2.34. The predicted molar refractivity (Wildman–Crippen MR) is 125 cm³/mol. The van der Waals surface area contributed by atoms with Crippen LogP contribution in [-0.4, -0.2) is 57.3 Å². The number of hydrogen-bond acceptors (Lipinski definition) is 7. The molecule has 0 spiro atoms. The van der Waals surface area contributed by atoms with Gasteiger partial charge in [-0.05, 0) is 56.7 Å². The molecule has 3 aromatic rings. The number of alkyl halides is 1. The molecule has 2 saturated heterocycles. The van der Waals surface area contributed by atoms with Crippen LogP contribution in [-0.2, 0) is 5.67 Å². The van der Waals surface area contributed by atoms with Crippen LogP contribution in [0.2, 0.25) is 0 Å². The van der Waals surface area contributed by atoms with Crippen LogP contribution in [0.25, 0.3) is 10.9 Å². The molecular weight excluding hydrogens is 419 g/mol. The molecule has 33 heavy (non-hydrogen) atoms. The minimum Gasteiger partial charge on any atom is -0.391 e. The number of rotatable bonds is 4. The highest BCUT2D eigenvalue weighted by molar-refractivity contribution is 5.91. The number of halogens is 1. The molecule has 7 nitrogen and oxygen atoms in total. The Morgan fingerprint density at radius 3 is 2.55 bits per heavy atom. The Bertz CT molecular complexity index is 1190. The van der Waals surface area contributed by atoms with E-state index in [1.54, 1.807) is 6.20 Å². The first-order valence-electron chi connectivity index (χ1n) is 12.0. The van der Waals surface area contributed by atoms with Gasteiger partial charge in [-0.1, -0.05) is 6.07 Å². The van der Waals surface area contributed by atoms with Crippen LogP contribution in [0.15, 0.2) is 30.6 Å². The predicted octanol–water partition coefficient (Wildman–Crippen LogP) is 3.64. The fraction of sp³-hybridized carbons (Fsp3) is 0.520. The van der Waals surface area contributed by atoms with Gasteiger partial charge in [0, 0.05) is 49.4 Å². The molecule has 0 radical (unpaired) electrons. The largest absolute Gasteiger partial charge is 0.391 e. The Hall–Kier alpha value is -2.87. The van der Waals surface area contributed by atoms with Crippen molar-refractivity contribution in [3.63, 3.8) is 0 Å². The quantitative estimate of drug-likeness (QED) is 0.653. The molecule has 6 rings (SSSR count). The molecule has 2 aliphatic heterocycles. The summed E-state index contributed by atoms with van der Waals surface area (Å²) in [6.07, 6.45) is 6.96. The third kappa shape index (κ3) is 3.80. The Kier molecular flexibility index (Phi) is 4.94. The van der Waals surface area contributed by atoms with E-state index in [9.17, 15) is 9.50 Å². The number of hydrogen-bond donors (Lipinski definition) is 1. The summed E-state index contributed by atoms with van der Waals surface area (Å²) in [5.74, 6) is 2.34. The zero-order chi connectivity index (χ0) is 22.6. The number of nitrogens with zero attached hydrogens (tertiary/aromatic N) is 6. The number of fused-ring (bicyclic) bond motifs is 1. The second-order valence-electron chi connectivity index (χ2n) is 9.75. The number of aliphatic hydroxyl groups excluding tert-OH is 1. The van der Waals surface area contributed by atoms with Crippen molar-refractivity contribution >= 4 is 22.5 Å². The molecular formula is C25H29FN6O. The van der Waals surface area contributed by atoms with Gasteiger partial charge in [-0.3, -0.25) is 4.98 Å². The van der Waals surface area contributed by atoms with Crippen molar-refractivity contribution in [2.24, 2.45) is 0 Å². The van der Waals surface area contributed by atoms with Gasteiger partial charge < -0.3 is 14.9 Å². The van der Waals surface area contributed by atoms with Gasteiger partial charge in [-0.15, -0.1) is 0 Å². The maximum Gasteiger partial charge on any atom is 0.170 e. The normalized spacial score (nSPS) is 22.8. The van der Waals surface area contributed by atoms with Gasteiger partial charge in [0.25, 0.3) is 0 Å². The highest BCUT2D eigenvalue weighted by Gasteiger charge is 2.48. The Morgan fingerprint density at radius 1 is 1.06 bits per heavy atom. The third-order valence-corrected chi connectivity index (χ3v) is 7.36. The van der Waals surface area contributed by atoms with Gasteiger partial charge in [0.1, 0.15) is 11.6 Å². The van der Waals surface area contributed by atoms with E-state index in [1.165, 1.54) is 11.3 Å². The molecule has 3 aliphatic rings. The lowest BCUT2D eigenvalue weighted by molar-refractivity contribution is 0.198. The van der Waals surface area contributed by atoms with Gasteiger partial charge in [0.05, 0.1) is 17.8 Å². The zero-order valence-electron chi connectivity index (χ0n) is 18.9. The molecule has 0 bridgehead atoms. The van der Waals surface area contributed by atoms with E-state index in [1.807, 2.05) is 18.3 Å². The van der Waals surface area contributed by atoms with Crippen LogP contribution in [0.5, 0.6) is 0 Å². The molecule has 1 N–H and O–H groups in total. The van der Waals surface area contributed by atoms with Gasteiger partial charge in [0.2, 0.25) is 0 Å². The molecule has 8 heteroatoms. The number of aromatic nitrogens is 4. The van der Waals surface area contributed by atoms with Crippen molar-refractivity contribution in [3.05, 3.63) is 47.7 Å². The lowest BCUT2D eigenvalue weighted by atomic mass is 9.90. The fourth-order valence-electron chi connectivity index (χ4n) is 5.19. The number of pyridine rings is 2. The highest BCUT2D eigenvalue weighted by atomic mass is 19.1. The van der Waals surface area contributed by atoms with Crippen molar-refractivity contribution in [1.82, 2.24) is 19.9 Å². The topological polar surface area (TPSA) is 78.3 Å². The van der Waals surface area contributed by atoms with E-state index in [0.29, 0.717) is 36.6 Å². The summed E-state index contributed by atoms with van der Waals surface area (Å²) >= 11 is 0. The molecule has 0 unspecified atom stereocenters. The maximum atomic E-state index is 15.0. The smallest absolute Gasteiger partial charge is 0.170 e. The molecule has 3 fully saturated rings. The van der Waals surface area contributed by atoms with Crippen LogP contribution in [0.3, 0.4) is 0 Å². The number of aliphatic hydroxyl groups is 1. The van der Waals surface area contributed by atoms with Gasteiger partial charge in [0.15, 0.2) is 11.5 Å². The first-order chi connectivity index (χ1) is 16.0. The Labute approximate surface area is 192 Å². The highest BCUT2D eigenvalue weighted by Crippen LogP contribution is 2.49. The van der Waals surface area contributed by atoms with Crippen molar-refractivity contribution in [3.8, 4) is 0 Å². The van der Waals surface area contributed by atoms with Gasteiger partial charge in [-0.25, -0.2) is 19.3 Å². The standard InChI is InChI=1S/C25H29FN6O/c1-16-3-2-9-27-22(16)17-4-10-31(11-5-17)23-19-13-21(32-12-6-18(33)15-32)28-14-20(19)29-24(30-23)25(26)7-8-25/h2-3,9,13-14,17-18,33H,4-8,10-12,15H2,1H3/t18-/m0/s1. The molecule has 172 valence electrons. The maximum absolute atomic E-state index is 15.0. The molecule has 0 aromatic carbocycles. The summed E-state index contributed by atoms with van der Waals surface area (Å²) in [6, 6.07) is 6.12. The molecule has 1 aliphatic carbocycles. The van der Waals surface area contributed by atoms with Crippen molar-refractivity contribution in [2.45, 2.75) is 56.7 Å². The lowest BCUT2D eigenvalue weighted by Gasteiger charge is -2.34. The van der Waals surface area contributed by atoms with E-state index < -0.39 is 5.67 Å². The van der Waals surface area contributed by atoms with Crippen molar-refractivity contribution < 1.29 is 9.50 Å². The first-order valence-corrected chi connectivity index (χ1v) is 12.0. The van der Waals surface area contributed by atoms with Crippen LogP contribution < -0.4 is 9.80 Å². The SMILES string of the molecule is Cc1cccnc1C1CCN(c2nc(C3(F)CC3)nc3cnc(N4CC[C@H](O)C4)cc23)CC1. The minimum atomic E-state index is -1.40. The molecule has 3 aromatic heterocycles. The summed E-state index contributed by atoms with van der Waals surface area (Å²) in [5, 5.41) is 10.9. The summed E-state index contributed by atoms with van der Waals surface area (Å²) in [7, 11) is 0. The number of β-amino-alcohol motifs (C(OH)–C–C–N with tert-alkyl or cyclic N) is 1. The fourth-order valence-corrected chi connectivity index (χ4v) is 5.19. The van der Waals surface area contributed by atoms with E-state index >= 15 is 0 Å². The number of aryl methyl sites for hydroxylation is 1. The molecule has 0 amide bonds. The van der Waals surface area contributed by atoms with Crippen molar-refractivity contribution in [1.29, 1.82) is 0 Å². The third-order valence-electron chi connectivity index (χ3n) is 7.36. The summed E-state index contributed by atoms with van der Waals surface area (Å²) in [4.78, 5) is 22.9. The molecule has 1 saturated carbocycles. The second-order valence-corrected chi connectivity index (χ2v) is 9.75. The van der Waals surface area contributed by atoms with E-state index in [-0.39, 0.29) is 6.10 Å². The Balaban J connectivity index is 1.34. The van der Waals surface area contributed by atoms with Crippen LogP contribution >= 0.6 is 0 Å². The number of anilines is 2. The molecule has 1 atom stereocenters. The van der Waals surface area contributed by atoms with Crippen molar-refractivity contribution in [2.75, 3.05) is 36.0 Å². The summed E-state index contributed by atoms with van der Waals surface area (Å²) < 4.78 is 15.0. The van der Waals surface area contributed by atoms with E-state index in [4.69, 9.17) is 4.98 Å². The van der Waals surface area contributed by atoms with Gasteiger partial charge >= 0.3 is 0 Å². The molecule has 5 heterocycles. The average molecular weight is 449 g/mol. The second kappa shape index (κ2) is 7.87. The summed E-state index contributed by atoms with van der Waals surface area (Å²) in [6.45, 7) is 5.15. The minimum absolute atomic E-state index is 0.291. The average Bonchev–Trinajstić information content (AvgIpc) is 3.45. The monoisotopic (exact) mass is 448 g/mol. The van der Waals surface area contributed by atoms with Crippen LogP contribution in [0.4, 0.5) is 16.0 Å². The zero-order valence-corrected chi connectivity index (χ0v) is 18.9. The van der Waals surface area contributed by atoms with E-state index in [0.717, 1.165) is 55.9 Å². The van der Waals surface area contributed by atoms with E-state index in [2.05, 4.69) is 37.7 Å².